The van der Waals surface area contributed by atoms with Crippen LogP contribution in [0.3, 0.4) is 0 Å². The van der Waals surface area contributed by atoms with Gasteiger partial charge in [0.25, 0.3) is 0 Å². The summed E-state index contributed by atoms with van der Waals surface area (Å²) in [5.74, 6) is 0. The third kappa shape index (κ3) is 3.84. The Morgan fingerprint density at radius 1 is 1.18 bits per heavy atom. The summed E-state index contributed by atoms with van der Waals surface area (Å²) in [6.07, 6.45) is 1.95. The lowest BCUT2D eigenvalue weighted by Gasteiger charge is -2.30. The molecule has 0 aliphatic carbocycles. The van der Waals surface area contributed by atoms with Gasteiger partial charge in [-0.25, -0.2) is 25.9 Å². The Bertz CT molecular complexity index is 789. The molecular formula is C13H17N3O4S2. The number of sulfonamides is 2. The summed E-state index contributed by atoms with van der Waals surface area (Å²) < 4.78 is 51.5. The van der Waals surface area contributed by atoms with Gasteiger partial charge in [-0.05, 0) is 25.0 Å². The molecule has 0 amide bonds. The van der Waals surface area contributed by atoms with E-state index < -0.39 is 20.0 Å². The lowest BCUT2D eigenvalue weighted by Crippen LogP contribution is -2.46. The minimum atomic E-state index is -3.80. The van der Waals surface area contributed by atoms with Crippen LogP contribution in [0.5, 0.6) is 0 Å². The van der Waals surface area contributed by atoms with Gasteiger partial charge in [-0.1, -0.05) is 12.1 Å². The maximum Gasteiger partial charge on any atom is 0.242 e. The summed E-state index contributed by atoms with van der Waals surface area (Å²) >= 11 is 0. The number of rotatable bonds is 4. The molecule has 1 saturated heterocycles. The third-order valence-electron chi connectivity index (χ3n) is 3.54. The molecule has 0 saturated carbocycles. The van der Waals surface area contributed by atoms with Gasteiger partial charge >= 0.3 is 0 Å². The smallest absolute Gasteiger partial charge is 0.213 e. The zero-order valence-corrected chi connectivity index (χ0v) is 13.7. The highest BCUT2D eigenvalue weighted by Gasteiger charge is 2.28. The zero-order valence-electron chi connectivity index (χ0n) is 12.1. The number of piperidine rings is 1. The standard InChI is InChI=1S/C13H17N3O4S2/c1-21(17,18)16-8-6-12(7-9-16)15-22(19,20)13-5-3-2-4-11(13)10-14/h2-5,12,15H,6-9H2,1H3. The topological polar surface area (TPSA) is 107 Å². The molecular weight excluding hydrogens is 326 g/mol. The fourth-order valence-electron chi connectivity index (χ4n) is 2.38. The summed E-state index contributed by atoms with van der Waals surface area (Å²) in [7, 11) is -7.04. The Labute approximate surface area is 130 Å². The number of benzene rings is 1. The second kappa shape index (κ2) is 6.34. The second-order valence-corrected chi connectivity index (χ2v) is 8.83. The summed E-state index contributed by atoms with van der Waals surface area (Å²) in [6.45, 7) is 0.567. The van der Waals surface area contributed by atoms with Crippen LogP contribution in [0.4, 0.5) is 0 Å². The number of hydrogen-bond acceptors (Lipinski definition) is 5. The van der Waals surface area contributed by atoms with Crippen molar-refractivity contribution in [3.05, 3.63) is 29.8 Å². The van der Waals surface area contributed by atoms with Crippen molar-refractivity contribution < 1.29 is 16.8 Å². The van der Waals surface area contributed by atoms with E-state index in [2.05, 4.69) is 4.72 Å². The molecule has 0 aromatic heterocycles. The van der Waals surface area contributed by atoms with Crippen molar-refractivity contribution in [1.82, 2.24) is 9.03 Å². The van der Waals surface area contributed by atoms with E-state index in [4.69, 9.17) is 5.26 Å². The molecule has 2 rings (SSSR count). The largest absolute Gasteiger partial charge is 0.242 e. The molecule has 1 aromatic carbocycles. The molecule has 120 valence electrons. The first kappa shape index (κ1) is 16.9. The summed E-state index contributed by atoms with van der Waals surface area (Å²) in [5, 5.41) is 9.00. The first-order valence-corrected chi connectivity index (χ1v) is 10.0. The predicted octanol–water partition coefficient (Wildman–Crippen LogP) is 0.261. The van der Waals surface area contributed by atoms with Crippen LogP contribution in [-0.2, 0) is 20.0 Å². The van der Waals surface area contributed by atoms with Gasteiger partial charge in [-0.2, -0.15) is 5.26 Å². The monoisotopic (exact) mass is 343 g/mol. The molecule has 0 radical (unpaired) electrons. The van der Waals surface area contributed by atoms with Crippen LogP contribution in [-0.4, -0.2) is 46.5 Å². The number of nitrogens with zero attached hydrogens (tertiary/aromatic N) is 2. The van der Waals surface area contributed by atoms with Crippen molar-refractivity contribution in [1.29, 1.82) is 5.26 Å². The van der Waals surface area contributed by atoms with E-state index in [9.17, 15) is 16.8 Å². The van der Waals surface area contributed by atoms with Gasteiger partial charge in [-0.3, -0.25) is 0 Å². The lowest BCUT2D eigenvalue weighted by molar-refractivity contribution is 0.310. The minimum absolute atomic E-state index is 0.0527. The van der Waals surface area contributed by atoms with E-state index >= 15 is 0 Å². The van der Waals surface area contributed by atoms with Gasteiger partial charge in [-0.15, -0.1) is 0 Å². The van der Waals surface area contributed by atoms with E-state index in [-0.39, 0.29) is 29.6 Å². The predicted molar refractivity (Wildman–Crippen MR) is 80.9 cm³/mol. The van der Waals surface area contributed by atoms with Crippen molar-refractivity contribution in [2.75, 3.05) is 19.3 Å². The molecule has 22 heavy (non-hydrogen) atoms. The van der Waals surface area contributed by atoms with E-state index in [1.165, 1.54) is 16.4 Å². The quantitative estimate of drug-likeness (QED) is 0.844. The normalized spacial score (nSPS) is 18.0. The van der Waals surface area contributed by atoms with Gasteiger partial charge in [0.1, 0.15) is 6.07 Å². The molecule has 1 aromatic rings. The Kier molecular flexibility index (Phi) is 4.87. The molecule has 1 aliphatic rings. The minimum Gasteiger partial charge on any atom is -0.213 e. The highest BCUT2D eigenvalue weighted by molar-refractivity contribution is 7.89. The summed E-state index contributed by atoms with van der Waals surface area (Å²) in [5.41, 5.74) is 0.0866. The van der Waals surface area contributed by atoms with Crippen LogP contribution in [0.15, 0.2) is 29.2 Å². The average Bonchev–Trinajstić information content (AvgIpc) is 2.46. The first-order valence-electron chi connectivity index (χ1n) is 6.70. The summed E-state index contributed by atoms with van der Waals surface area (Å²) in [6, 6.07) is 7.50. The molecule has 9 heteroatoms. The van der Waals surface area contributed by atoms with Gasteiger partial charge in [0, 0.05) is 19.1 Å². The van der Waals surface area contributed by atoms with Crippen LogP contribution in [0.2, 0.25) is 0 Å². The molecule has 1 fully saturated rings. The first-order chi connectivity index (χ1) is 10.2. The Morgan fingerprint density at radius 3 is 2.32 bits per heavy atom. The van der Waals surface area contributed by atoms with Crippen molar-refractivity contribution in [3.63, 3.8) is 0 Å². The Hall–Kier alpha value is -1.47. The fourth-order valence-corrected chi connectivity index (χ4v) is 4.72. The number of nitrogens with one attached hydrogen (secondary N) is 1. The highest BCUT2D eigenvalue weighted by Crippen LogP contribution is 2.18. The van der Waals surface area contributed by atoms with Gasteiger partial charge in [0.15, 0.2) is 0 Å². The third-order valence-corrected chi connectivity index (χ3v) is 6.42. The molecule has 1 heterocycles. The van der Waals surface area contributed by atoms with Crippen molar-refractivity contribution in [2.24, 2.45) is 0 Å². The Morgan fingerprint density at radius 2 is 1.77 bits per heavy atom. The maximum absolute atomic E-state index is 12.4. The van der Waals surface area contributed by atoms with E-state index in [0.717, 1.165) is 6.26 Å². The molecule has 0 bridgehead atoms. The van der Waals surface area contributed by atoms with Gasteiger partial charge in [0.05, 0.1) is 16.7 Å². The molecule has 1 aliphatic heterocycles. The Balaban J connectivity index is 2.10. The number of nitriles is 1. The van der Waals surface area contributed by atoms with Gasteiger partial charge in [0.2, 0.25) is 20.0 Å². The van der Waals surface area contributed by atoms with E-state index in [1.54, 1.807) is 12.1 Å². The zero-order chi connectivity index (χ0) is 16.4. The van der Waals surface area contributed by atoms with Gasteiger partial charge < -0.3 is 0 Å². The van der Waals surface area contributed by atoms with Crippen LogP contribution >= 0.6 is 0 Å². The van der Waals surface area contributed by atoms with E-state index in [0.29, 0.717) is 12.8 Å². The number of hydrogen-bond donors (Lipinski definition) is 1. The molecule has 0 atom stereocenters. The van der Waals surface area contributed by atoms with Crippen LogP contribution in [0, 0.1) is 11.3 Å². The fraction of sp³-hybridized carbons (Fsp3) is 0.462. The molecule has 1 N–H and O–H groups in total. The molecule has 7 nitrogen and oxygen atoms in total. The van der Waals surface area contributed by atoms with E-state index in [1.807, 2.05) is 6.07 Å². The van der Waals surface area contributed by atoms with Crippen molar-refractivity contribution >= 4 is 20.0 Å². The van der Waals surface area contributed by atoms with Crippen molar-refractivity contribution in [3.8, 4) is 6.07 Å². The lowest BCUT2D eigenvalue weighted by atomic mass is 10.1. The highest BCUT2D eigenvalue weighted by atomic mass is 32.2. The summed E-state index contributed by atoms with van der Waals surface area (Å²) in [4.78, 5) is -0.0527. The molecule has 0 unspecified atom stereocenters. The molecule has 0 spiro atoms. The van der Waals surface area contributed by atoms with Crippen LogP contribution in [0.25, 0.3) is 0 Å². The van der Waals surface area contributed by atoms with Crippen LogP contribution in [0.1, 0.15) is 18.4 Å². The SMILES string of the molecule is CS(=O)(=O)N1CCC(NS(=O)(=O)c2ccccc2C#N)CC1. The maximum atomic E-state index is 12.4. The average molecular weight is 343 g/mol. The second-order valence-electron chi connectivity index (χ2n) is 5.17. The van der Waals surface area contributed by atoms with Crippen molar-refractivity contribution in [2.45, 2.75) is 23.8 Å². The van der Waals surface area contributed by atoms with Crippen LogP contribution < -0.4 is 4.72 Å².